The van der Waals surface area contributed by atoms with Crippen LogP contribution in [0.15, 0.2) is 36.7 Å². The van der Waals surface area contributed by atoms with Crippen LogP contribution < -0.4 is 5.32 Å². The Bertz CT molecular complexity index is 613. The topological polar surface area (TPSA) is 67.2 Å². The van der Waals surface area contributed by atoms with Gasteiger partial charge in [-0.2, -0.15) is 5.10 Å². The van der Waals surface area contributed by atoms with Crippen molar-refractivity contribution in [2.24, 2.45) is 5.92 Å². The number of nitrogens with one attached hydrogen (secondary N) is 1. The molecule has 0 saturated carbocycles. The highest BCUT2D eigenvalue weighted by Crippen LogP contribution is 2.15. The number of carbonyl (C=O) groups excluding carboxylic acids is 1. The van der Waals surface area contributed by atoms with Crippen LogP contribution in [0.1, 0.15) is 24.2 Å². The van der Waals surface area contributed by atoms with Crippen LogP contribution in [-0.4, -0.2) is 33.4 Å². The van der Waals surface area contributed by atoms with E-state index in [4.69, 9.17) is 5.11 Å². The molecule has 0 aliphatic heterocycles. The Hall–Kier alpha value is -2.21. The first-order valence-corrected chi connectivity index (χ1v) is 6.74. The Labute approximate surface area is 122 Å². The molecule has 2 atom stereocenters. The molecule has 0 bridgehead atoms. The molecule has 0 aliphatic carbocycles. The van der Waals surface area contributed by atoms with Crippen molar-refractivity contribution in [1.29, 1.82) is 0 Å². The number of amides is 1. The van der Waals surface area contributed by atoms with Crippen molar-refractivity contribution >= 4 is 5.91 Å². The average Bonchev–Trinajstić information content (AvgIpc) is 3.00. The summed E-state index contributed by atoms with van der Waals surface area (Å²) in [5, 5.41) is 15.7. The van der Waals surface area contributed by atoms with Crippen LogP contribution in [0.25, 0.3) is 5.69 Å². The predicted octanol–water partition coefficient (Wildman–Crippen LogP) is 1.76. The number of rotatable bonds is 5. The van der Waals surface area contributed by atoms with Gasteiger partial charge in [-0.05, 0) is 37.1 Å². The van der Waals surface area contributed by atoms with Crippen molar-refractivity contribution in [2.75, 3.05) is 6.61 Å². The molecule has 21 heavy (non-hydrogen) atoms. The van der Waals surface area contributed by atoms with Crippen LogP contribution in [0.5, 0.6) is 0 Å². The molecular formula is C15H18FN3O2. The van der Waals surface area contributed by atoms with Crippen molar-refractivity contribution in [3.63, 3.8) is 0 Å². The molecule has 112 valence electrons. The van der Waals surface area contributed by atoms with Gasteiger partial charge in [-0.15, -0.1) is 0 Å². The third-order valence-electron chi connectivity index (χ3n) is 3.46. The van der Waals surface area contributed by atoms with Crippen LogP contribution >= 0.6 is 0 Å². The summed E-state index contributed by atoms with van der Waals surface area (Å²) in [6, 6.07) is 5.74. The fraction of sp³-hybridized carbons (Fsp3) is 0.333. The molecule has 0 spiro atoms. The van der Waals surface area contributed by atoms with Crippen LogP contribution in [-0.2, 0) is 0 Å². The van der Waals surface area contributed by atoms with E-state index in [9.17, 15) is 9.18 Å². The molecule has 1 amide bonds. The second-order valence-corrected chi connectivity index (χ2v) is 5.04. The first kappa shape index (κ1) is 15.2. The van der Waals surface area contributed by atoms with Gasteiger partial charge in [0, 0.05) is 30.6 Å². The van der Waals surface area contributed by atoms with E-state index < -0.39 is 5.82 Å². The van der Waals surface area contributed by atoms with E-state index in [-0.39, 0.29) is 35.7 Å². The molecule has 6 heteroatoms. The van der Waals surface area contributed by atoms with E-state index in [0.717, 1.165) is 0 Å². The zero-order valence-electron chi connectivity index (χ0n) is 12.0. The average molecular weight is 291 g/mol. The monoisotopic (exact) mass is 291 g/mol. The van der Waals surface area contributed by atoms with Gasteiger partial charge in [0.25, 0.3) is 5.91 Å². The Balaban J connectivity index is 2.15. The number of aromatic nitrogens is 2. The SMILES string of the molecule is CC(CO)C(C)NC(=O)c1ccc(-n2cccn2)c(F)c1. The Morgan fingerprint density at radius 3 is 2.81 bits per heavy atom. The fourth-order valence-corrected chi connectivity index (χ4v) is 1.84. The van der Waals surface area contributed by atoms with Gasteiger partial charge in [-0.1, -0.05) is 6.92 Å². The number of hydrogen-bond acceptors (Lipinski definition) is 3. The van der Waals surface area contributed by atoms with Gasteiger partial charge in [-0.3, -0.25) is 4.79 Å². The highest BCUT2D eigenvalue weighted by molar-refractivity contribution is 5.94. The maximum absolute atomic E-state index is 14.1. The number of benzene rings is 1. The van der Waals surface area contributed by atoms with E-state index in [1.54, 1.807) is 31.5 Å². The number of aliphatic hydroxyl groups excluding tert-OH is 1. The first-order valence-electron chi connectivity index (χ1n) is 6.74. The minimum absolute atomic E-state index is 0.0198. The number of carbonyl (C=O) groups is 1. The normalized spacial score (nSPS) is 13.7. The first-order chi connectivity index (χ1) is 10.0. The molecule has 0 radical (unpaired) electrons. The van der Waals surface area contributed by atoms with Crippen LogP contribution in [0.3, 0.4) is 0 Å². The molecule has 0 aliphatic rings. The van der Waals surface area contributed by atoms with Crippen LogP contribution in [0.2, 0.25) is 0 Å². The largest absolute Gasteiger partial charge is 0.396 e. The molecule has 1 aromatic carbocycles. The summed E-state index contributed by atoms with van der Waals surface area (Å²) in [4.78, 5) is 12.0. The second kappa shape index (κ2) is 6.49. The lowest BCUT2D eigenvalue weighted by Crippen LogP contribution is -2.38. The van der Waals surface area contributed by atoms with Crippen molar-refractivity contribution in [3.05, 3.63) is 48.0 Å². The predicted molar refractivity (Wildman–Crippen MR) is 76.7 cm³/mol. The van der Waals surface area contributed by atoms with Gasteiger partial charge in [0.1, 0.15) is 11.5 Å². The highest BCUT2D eigenvalue weighted by atomic mass is 19.1. The molecule has 1 aromatic heterocycles. The summed E-state index contributed by atoms with van der Waals surface area (Å²) in [6.45, 7) is 3.60. The Morgan fingerprint density at radius 2 is 2.24 bits per heavy atom. The fourth-order valence-electron chi connectivity index (χ4n) is 1.84. The van der Waals surface area contributed by atoms with Crippen molar-refractivity contribution < 1.29 is 14.3 Å². The van der Waals surface area contributed by atoms with Crippen molar-refractivity contribution in [2.45, 2.75) is 19.9 Å². The maximum atomic E-state index is 14.1. The zero-order chi connectivity index (χ0) is 15.4. The minimum atomic E-state index is -0.519. The van der Waals surface area contributed by atoms with Gasteiger partial charge >= 0.3 is 0 Å². The Morgan fingerprint density at radius 1 is 1.48 bits per heavy atom. The molecule has 0 fully saturated rings. The standard InChI is InChI=1S/C15H18FN3O2/c1-10(9-20)11(2)18-15(21)12-4-5-14(13(16)8-12)19-7-3-6-17-19/h3-8,10-11,20H,9H2,1-2H3,(H,18,21). The molecule has 0 saturated heterocycles. The summed E-state index contributed by atoms with van der Waals surface area (Å²) < 4.78 is 15.5. The number of aliphatic hydroxyl groups is 1. The molecular weight excluding hydrogens is 273 g/mol. The highest BCUT2D eigenvalue weighted by Gasteiger charge is 2.16. The lowest BCUT2D eigenvalue weighted by Gasteiger charge is -2.19. The summed E-state index contributed by atoms with van der Waals surface area (Å²) in [7, 11) is 0. The molecule has 2 rings (SSSR count). The lowest BCUT2D eigenvalue weighted by molar-refractivity contribution is 0.0916. The van der Waals surface area contributed by atoms with E-state index >= 15 is 0 Å². The third kappa shape index (κ3) is 3.46. The second-order valence-electron chi connectivity index (χ2n) is 5.04. The van der Waals surface area contributed by atoms with E-state index in [1.165, 1.54) is 16.8 Å². The smallest absolute Gasteiger partial charge is 0.251 e. The molecule has 2 N–H and O–H groups in total. The summed E-state index contributed by atoms with van der Waals surface area (Å²) in [6.07, 6.45) is 3.18. The number of hydrogen-bond donors (Lipinski definition) is 2. The van der Waals surface area contributed by atoms with Crippen LogP contribution in [0, 0.1) is 11.7 Å². The zero-order valence-corrected chi connectivity index (χ0v) is 12.0. The van der Waals surface area contributed by atoms with Crippen LogP contribution in [0.4, 0.5) is 4.39 Å². The third-order valence-corrected chi connectivity index (χ3v) is 3.46. The number of nitrogens with zero attached hydrogens (tertiary/aromatic N) is 2. The molecule has 2 unspecified atom stereocenters. The van der Waals surface area contributed by atoms with Gasteiger partial charge < -0.3 is 10.4 Å². The summed E-state index contributed by atoms with van der Waals surface area (Å²) in [5.74, 6) is -0.954. The maximum Gasteiger partial charge on any atom is 0.251 e. The van der Waals surface area contributed by atoms with Crippen molar-refractivity contribution in [1.82, 2.24) is 15.1 Å². The lowest BCUT2D eigenvalue weighted by atomic mass is 10.0. The van der Waals surface area contributed by atoms with Gasteiger partial charge in [0.05, 0.1) is 0 Å². The molecule has 2 aromatic rings. The minimum Gasteiger partial charge on any atom is -0.396 e. The van der Waals surface area contributed by atoms with Gasteiger partial charge in [0.15, 0.2) is 0 Å². The summed E-state index contributed by atoms with van der Waals surface area (Å²) in [5.41, 5.74) is 0.522. The van der Waals surface area contributed by atoms with E-state index in [0.29, 0.717) is 0 Å². The van der Waals surface area contributed by atoms with E-state index in [1.807, 2.05) is 6.92 Å². The van der Waals surface area contributed by atoms with Gasteiger partial charge in [0.2, 0.25) is 0 Å². The quantitative estimate of drug-likeness (QED) is 0.882. The number of halogens is 1. The van der Waals surface area contributed by atoms with Crippen molar-refractivity contribution in [3.8, 4) is 5.69 Å². The summed E-state index contributed by atoms with van der Waals surface area (Å²) >= 11 is 0. The van der Waals surface area contributed by atoms with Gasteiger partial charge in [-0.25, -0.2) is 9.07 Å². The Kier molecular flexibility index (Phi) is 4.70. The van der Waals surface area contributed by atoms with E-state index in [2.05, 4.69) is 10.4 Å². The molecule has 5 nitrogen and oxygen atoms in total. The molecule has 1 heterocycles.